The van der Waals surface area contributed by atoms with Crippen molar-refractivity contribution in [2.75, 3.05) is 13.7 Å². The number of aryl methyl sites for hydroxylation is 2. The van der Waals surface area contributed by atoms with E-state index in [1.54, 1.807) is 13.2 Å². The predicted octanol–water partition coefficient (Wildman–Crippen LogP) is 5.39. The van der Waals surface area contributed by atoms with Crippen LogP contribution in [0.15, 0.2) is 84.0 Å². The van der Waals surface area contributed by atoms with Gasteiger partial charge in [-0.3, -0.25) is 9.78 Å². The van der Waals surface area contributed by atoms with Crippen LogP contribution in [0.4, 0.5) is 0 Å². The highest BCUT2D eigenvalue weighted by atomic mass is 16.5. The van der Waals surface area contributed by atoms with Crippen LogP contribution < -0.4 is 4.74 Å². The summed E-state index contributed by atoms with van der Waals surface area (Å²) in [5.74, 6) is -0.235. The fourth-order valence-corrected chi connectivity index (χ4v) is 4.54. The molecule has 37 heavy (non-hydrogen) atoms. The Balaban J connectivity index is 1.39. The molecule has 0 saturated carbocycles. The van der Waals surface area contributed by atoms with Gasteiger partial charge in [-0.1, -0.05) is 54.1 Å². The molecule has 1 aliphatic heterocycles. The van der Waals surface area contributed by atoms with Crippen LogP contribution >= 0.6 is 0 Å². The summed E-state index contributed by atoms with van der Waals surface area (Å²) >= 11 is 0. The number of fused-ring (bicyclic) bond motifs is 1. The zero-order valence-electron chi connectivity index (χ0n) is 21.0. The molecule has 7 nitrogen and oxygen atoms in total. The summed E-state index contributed by atoms with van der Waals surface area (Å²) < 4.78 is 10.8. The lowest BCUT2D eigenvalue weighted by Gasteiger charge is -2.22. The van der Waals surface area contributed by atoms with E-state index in [4.69, 9.17) is 9.47 Å². The lowest BCUT2D eigenvalue weighted by Crippen LogP contribution is -2.31. The molecule has 2 heterocycles. The van der Waals surface area contributed by atoms with Crippen LogP contribution in [-0.4, -0.2) is 41.3 Å². The van der Waals surface area contributed by atoms with Crippen LogP contribution in [-0.2, 0) is 9.53 Å². The predicted molar refractivity (Wildman–Crippen MR) is 142 cm³/mol. The second kappa shape index (κ2) is 10.2. The summed E-state index contributed by atoms with van der Waals surface area (Å²) in [6.07, 6.45) is 0.545. The Bertz CT molecular complexity index is 1500. The molecule has 0 saturated heterocycles. The Labute approximate surface area is 215 Å². The normalized spacial score (nSPS) is 14.9. The number of esters is 1. The van der Waals surface area contributed by atoms with Gasteiger partial charge in [0, 0.05) is 17.5 Å². The van der Waals surface area contributed by atoms with Gasteiger partial charge in [-0.15, -0.1) is 0 Å². The van der Waals surface area contributed by atoms with Crippen molar-refractivity contribution >= 4 is 28.5 Å². The van der Waals surface area contributed by atoms with E-state index in [0.717, 1.165) is 28.2 Å². The van der Waals surface area contributed by atoms with Crippen molar-refractivity contribution in [2.24, 2.45) is 5.10 Å². The maximum atomic E-state index is 13.4. The minimum absolute atomic E-state index is 0.320. The summed E-state index contributed by atoms with van der Waals surface area (Å²) in [5, 5.41) is 6.78. The standard InChI is InChI=1S/C30H27N3O4/c1-19-9-14-26-24(15-19)25(16-20(2)31-26)30(35)37-18-29(34)33-28(22-10-12-23(36-3)13-11-22)17-27(32-33)21-7-5-4-6-8-21/h4-16,28H,17-18H2,1-3H3/t28-/m0/s1. The number of hydrogen-bond acceptors (Lipinski definition) is 6. The highest BCUT2D eigenvalue weighted by Crippen LogP contribution is 2.33. The van der Waals surface area contributed by atoms with E-state index >= 15 is 0 Å². The molecule has 7 heteroatoms. The van der Waals surface area contributed by atoms with Crippen molar-refractivity contribution in [2.45, 2.75) is 26.3 Å². The molecule has 0 spiro atoms. The minimum Gasteiger partial charge on any atom is -0.497 e. The first-order chi connectivity index (χ1) is 17.9. The SMILES string of the molecule is COc1ccc([C@@H]2CC(c3ccccc3)=NN2C(=O)COC(=O)c2cc(C)nc3ccc(C)cc23)cc1. The molecule has 1 amide bonds. The lowest BCUT2D eigenvalue weighted by molar-refractivity contribution is -0.136. The third-order valence-electron chi connectivity index (χ3n) is 6.41. The Morgan fingerprint density at radius 1 is 0.973 bits per heavy atom. The van der Waals surface area contributed by atoms with Crippen molar-refractivity contribution in [1.29, 1.82) is 0 Å². The van der Waals surface area contributed by atoms with Crippen molar-refractivity contribution in [3.05, 3.63) is 107 Å². The van der Waals surface area contributed by atoms with Crippen LogP contribution in [0, 0.1) is 13.8 Å². The molecule has 186 valence electrons. The van der Waals surface area contributed by atoms with Crippen molar-refractivity contribution in [1.82, 2.24) is 9.99 Å². The molecule has 0 fully saturated rings. The quantitative estimate of drug-likeness (QED) is 0.336. The van der Waals surface area contributed by atoms with Crippen LogP contribution in [0.25, 0.3) is 10.9 Å². The van der Waals surface area contributed by atoms with Gasteiger partial charge in [0.1, 0.15) is 5.75 Å². The molecule has 0 radical (unpaired) electrons. The first-order valence-electron chi connectivity index (χ1n) is 12.1. The van der Waals surface area contributed by atoms with Gasteiger partial charge in [0.2, 0.25) is 0 Å². The fourth-order valence-electron chi connectivity index (χ4n) is 4.54. The van der Waals surface area contributed by atoms with E-state index in [0.29, 0.717) is 28.6 Å². The van der Waals surface area contributed by atoms with Crippen molar-refractivity contribution in [3.8, 4) is 5.75 Å². The van der Waals surface area contributed by atoms with Gasteiger partial charge >= 0.3 is 5.97 Å². The lowest BCUT2D eigenvalue weighted by atomic mass is 9.98. The van der Waals surface area contributed by atoms with Gasteiger partial charge in [0.15, 0.2) is 6.61 Å². The number of methoxy groups -OCH3 is 1. The highest BCUT2D eigenvalue weighted by molar-refractivity contribution is 6.05. The van der Waals surface area contributed by atoms with E-state index in [-0.39, 0.29) is 6.04 Å². The Hall–Kier alpha value is -4.52. The van der Waals surface area contributed by atoms with E-state index in [9.17, 15) is 9.59 Å². The molecule has 4 aromatic rings. The maximum Gasteiger partial charge on any atom is 0.339 e. The monoisotopic (exact) mass is 493 g/mol. The zero-order valence-corrected chi connectivity index (χ0v) is 21.0. The largest absolute Gasteiger partial charge is 0.497 e. The van der Waals surface area contributed by atoms with E-state index in [1.165, 1.54) is 5.01 Å². The first kappa shape index (κ1) is 24.2. The van der Waals surface area contributed by atoms with Gasteiger partial charge in [-0.05, 0) is 55.3 Å². The van der Waals surface area contributed by atoms with Crippen LogP contribution in [0.5, 0.6) is 5.75 Å². The number of amides is 1. The number of hydrogen-bond donors (Lipinski definition) is 0. The number of ether oxygens (including phenoxy) is 2. The van der Waals surface area contributed by atoms with E-state index in [1.807, 2.05) is 86.6 Å². The van der Waals surface area contributed by atoms with E-state index in [2.05, 4.69) is 10.1 Å². The number of carbonyl (C=O) groups is 2. The molecule has 0 bridgehead atoms. The summed E-state index contributed by atoms with van der Waals surface area (Å²) in [4.78, 5) is 30.9. The average Bonchev–Trinajstić information content (AvgIpc) is 3.37. The highest BCUT2D eigenvalue weighted by Gasteiger charge is 2.33. The molecule has 1 aliphatic rings. The minimum atomic E-state index is -0.568. The fraction of sp³-hybridized carbons (Fsp3) is 0.200. The molecule has 0 N–H and O–H groups in total. The molecule has 0 aliphatic carbocycles. The topological polar surface area (TPSA) is 81.1 Å². The number of nitrogens with zero attached hydrogens (tertiary/aromatic N) is 3. The van der Waals surface area contributed by atoms with Gasteiger partial charge in [0.05, 0.1) is 29.9 Å². The average molecular weight is 494 g/mol. The smallest absolute Gasteiger partial charge is 0.339 e. The second-order valence-corrected chi connectivity index (χ2v) is 9.05. The molecule has 3 aromatic carbocycles. The molecule has 5 rings (SSSR count). The molecule has 1 aromatic heterocycles. The van der Waals surface area contributed by atoms with Crippen molar-refractivity contribution < 1.29 is 19.1 Å². The van der Waals surface area contributed by atoms with Crippen LogP contribution in [0.2, 0.25) is 0 Å². The number of hydrazone groups is 1. The number of benzene rings is 3. The van der Waals surface area contributed by atoms with Crippen molar-refractivity contribution in [3.63, 3.8) is 0 Å². The Kier molecular flexibility index (Phi) is 6.68. The molecular weight excluding hydrogens is 466 g/mol. The molecule has 0 unspecified atom stereocenters. The first-order valence-corrected chi connectivity index (χ1v) is 12.1. The summed E-state index contributed by atoms with van der Waals surface area (Å²) in [6, 6.07) is 24.4. The molecular formula is C30H27N3O4. The summed E-state index contributed by atoms with van der Waals surface area (Å²) in [7, 11) is 1.61. The Morgan fingerprint density at radius 3 is 2.46 bits per heavy atom. The zero-order chi connectivity index (χ0) is 25.9. The third kappa shape index (κ3) is 5.07. The number of aromatic nitrogens is 1. The molecule has 1 atom stereocenters. The summed E-state index contributed by atoms with van der Waals surface area (Å²) in [5.41, 5.74) is 5.47. The maximum absolute atomic E-state index is 13.4. The summed E-state index contributed by atoms with van der Waals surface area (Å²) in [6.45, 7) is 3.35. The van der Waals surface area contributed by atoms with Gasteiger partial charge in [-0.2, -0.15) is 5.10 Å². The Morgan fingerprint density at radius 2 is 1.73 bits per heavy atom. The van der Waals surface area contributed by atoms with Crippen LogP contribution in [0.3, 0.4) is 0 Å². The van der Waals surface area contributed by atoms with Gasteiger partial charge in [-0.25, -0.2) is 9.80 Å². The second-order valence-electron chi connectivity index (χ2n) is 9.05. The third-order valence-corrected chi connectivity index (χ3v) is 6.41. The van der Waals surface area contributed by atoms with Gasteiger partial charge in [0.25, 0.3) is 5.91 Å². The number of pyridine rings is 1. The number of carbonyl (C=O) groups excluding carboxylic acids is 2. The number of rotatable bonds is 6. The van der Waals surface area contributed by atoms with Gasteiger partial charge < -0.3 is 9.47 Å². The van der Waals surface area contributed by atoms with E-state index < -0.39 is 18.5 Å². The van der Waals surface area contributed by atoms with Crippen LogP contribution in [0.1, 0.15) is 45.2 Å².